The zero-order valence-electron chi connectivity index (χ0n) is 7.57. The van der Waals surface area contributed by atoms with E-state index in [0.29, 0.717) is 0 Å². The Bertz CT molecular complexity index is 429. The molecule has 0 fully saturated rings. The maximum absolute atomic E-state index is 13.1. The molecule has 7 heteroatoms. The summed E-state index contributed by atoms with van der Waals surface area (Å²) in [5.74, 6) is -1.26. The molecule has 1 aromatic rings. The zero-order valence-corrected chi connectivity index (χ0v) is 9.15. The van der Waals surface area contributed by atoms with Crippen LogP contribution in [0.1, 0.15) is 0 Å². The fourth-order valence-corrected chi connectivity index (χ4v) is 2.05. The Morgan fingerprint density at radius 2 is 2.13 bits per heavy atom. The molecule has 0 spiro atoms. The van der Waals surface area contributed by atoms with Crippen molar-refractivity contribution in [2.75, 3.05) is 17.1 Å². The molecule has 1 rings (SSSR count). The minimum absolute atomic E-state index is 0.0310. The van der Waals surface area contributed by atoms with Crippen molar-refractivity contribution in [3.8, 4) is 0 Å². The summed E-state index contributed by atoms with van der Waals surface area (Å²) in [5, 5.41) is 8.44. The molecule has 0 amide bonds. The lowest BCUT2D eigenvalue weighted by molar-refractivity contribution is 0.320. The SMILES string of the molecule is O=S(=O)(CCO)Nc1c(F)cccc1Cl. The van der Waals surface area contributed by atoms with Gasteiger partial charge in [0.1, 0.15) is 11.5 Å². The summed E-state index contributed by atoms with van der Waals surface area (Å²) in [6, 6.07) is 3.81. The van der Waals surface area contributed by atoms with Crippen LogP contribution in [0, 0.1) is 5.82 Å². The smallest absolute Gasteiger partial charge is 0.235 e. The second-order valence-electron chi connectivity index (χ2n) is 2.74. The molecule has 15 heavy (non-hydrogen) atoms. The minimum atomic E-state index is -3.75. The molecule has 0 heterocycles. The van der Waals surface area contributed by atoms with Crippen LogP contribution in [-0.2, 0) is 10.0 Å². The van der Waals surface area contributed by atoms with Crippen molar-refractivity contribution < 1.29 is 17.9 Å². The van der Waals surface area contributed by atoms with E-state index in [4.69, 9.17) is 16.7 Å². The van der Waals surface area contributed by atoms with Gasteiger partial charge in [-0.2, -0.15) is 0 Å². The van der Waals surface area contributed by atoms with Gasteiger partial charge in [-0.3, -0.25) is 4.72 Å². The molecular formula is C8H9ClFNO3S. The van der Waals surface area contributed by atoms with E-state index in [1.54, 1.807) is 0 Å². The quantitative estimate of drug-likeness (QED) is 0.848. The average Bonchev–Trinajstić information content (AvgIpc) is 2.11. The lowest BCUT2D eigenvalue weighted by atomic mass is 10.3. The number of nitrogens with one attached hydrogen (secondary N) is 1. The summed E-state index contributed by atoms with van der Waals surface area (Å²) < 4.78 is 37.5. The molecule has 0 saturated heterocycles. The van der Waals surface area contributed by atoms with Gasteiger partial charge in [0.15, 0.2) is 0 Å². The van der Waals surface area contributed by atoms with E-state index in [1.165, 1.54) is 12.1 Å². The van der Waals surface area contributed by atoms with E-state index >= 15 is 0 Å². The molecule has 84 valence electrons. The Labute approximate surface area is 91.7 Å². The van der Waals surface area contributed by atoms with Crippen molar-refractivity contribution >= 4 is 27.3 Å². The first kappa shape index (κ1) is 12.2. The van der Waals surface area contributed by atoms with Crippen LogP contribution in [0.5, 0.6) is 0 Å². The van der Waals surface area contributed by atoms with Crippen LogP contribution in [0.25, 0.3) is 0 Å². The van der Waals surface area contributed by atoms with Crippen molar-refractivity contribution in [1.29, 1.82) is 0 Å². The standard InChI is InChI=1S/C8H9ClFNO3S/c9-6-2-1-3-7(10)8(6)11-15(13,14)5-4-12/h1-3,11-12H,4-5H2. The van der Waals surface area contributed by atoms with E-state index in [2.05, 4.69) is 0 Å². The third-order valence-electron chi connectivity index (χ3n) is 1.58. The summed E-state index contributed by atoms with van der Waals surface area (Å²) in [4.78, 5) is 0. The first-order valence-corrected chi connectivity index (χ1v) is 6.04. The second kappa shape index (κ2) is 4.78. The van der Waals surface area contributed by atoms with Crippen LogP contribution >= 0.6 is 11.6 Å². The summed E-state index contributed by atoms with van der Waals surface area (Å²) in [6.45, 7) is -0.540. The molecule has 0 aromatic heterocycles. The maximum atomic E-state index is 13.1. The van der Waals surface area contributed by atoms with Crippen LogP contribution in [0.4, 0.5) is 10.1 Å². The fraction of sp³-hybridized carbons (Fsp3) is 0.250. The van der Waals surface area contributed by atoms with Gasteiger partial charge in [0, 0.05) is 0 Å². The maximum Gasteiger partial charge on any atom is 0.235 e. The average molecular weight is 254 g/mol. The number of halogens is 2. The predicted molar refractivity (Wildman–Crippen MR) is 55.9 cm³/mol. The number of hydrogen-bond donors (Lipinski definition) is 2. The third kappa shape index (κ3) is 3.33. The van der Waals surface area contributed by atoms with Gasteiger partial charge in [-0.25, -0.2) is 12.8 Å². The molecule has 0 bridgehead atoms. The number of rotatable bonds is 4. The lowest BCUT2D eigenvalue weighted by Gasteiger charge is -2.08. The van der Waals surface area contributed by atoms with Gasteiger partial charge in [-0.1, -0.05) is 17.7 Å². The highest BCUT2D eigenvalue weighted by Crippen LogP contribution is 2.25. The zero-order chi connectivity index (χ0) is 11.5. The summed E-state index contributed by atoms with van der Waals surface area (Å²) in [7, 11) is -3.75. The molecule has 2 N–H and O–H groups in total. The normalized spacial score (nSPS) is 11.4. The Morgan fingerprint density at radius 1 is 1.47 bits per heavy atom. The Balaban J connectivity index is 2.99. The minimum Gasteiger partial charge on any atom is -0.395 e. The molecule has 0 saturated carbocycles. The highest BCUT2D eigenvalue weighted by atomic mass is 35.5. The number of aliphatic hydroxyl groups is 1. The van der Waals surface area contributed by atoms with Crippen molar-refractivity contribution in [1.82, 2.24) is 0 Å². The van der Waals surface area contributed by atoms with Gasteiger partial charge in [-0.05, 0) is 12.1 Å². The van der Waals surface area contributed by atoms with Crippen LogP contribution in [0.3, 0.4) is 0 Å². The van der Waals surface area contributed by atoms with E-state index in [1.807, 2.05) is 4.72 Å². The topological polar surface area (TPSA) is 66.4 Å². The fourth-order valence-electron chi connectivity index (χ4n) is 0.922. The van der Waals surface area contributed by atoms with E-state index < -0.39 is 28.2 Å². The number of aliphatic hydroxyl groups excluding tert-OH is 1. The van der Waals surface area contributed by atoms with Crippen LogP contribution in [0.15, 0.2) is 18.2 Å². The van der Waals surface area contributed by atoms with Crippen LogP contribution in [-0.4, -0.2) is 25.9 Å². The van der Waals surface area contributed by atoms with Crippen LogP contribution in [0.2, 0.25) is 5.02 Å². The Morgan fingerprint density at radius 3 is 2.67 bits per heavy atom. The van der Waals surface area contributed by atoms with Gasteiger partial charge in [0.25, 0.3) is 0 Å². The number of hydrogen-bond acceptors (Lipinski definition) is 3. The molecular weight excluding hydrogens is 245 g/mol. The van der Waals surface area contributed by atoms with Gasteiger partial charge in [0.2, 0.25) is 10.0 Å². The number of anilines is 1. The van der Waals surface area contributed by atoms with E-state index in [9.17, 15) is 12.8 Å². The van der Waals surface area contributed by atoms with Gasteiger partial charge in [-0.15, -0.1) is 0 Å². The molecule has 0 aliphatic carbocycles. The van der Waals surface area contributed by atoms with Crippen molar-refractivity contribution in [2.45, 2.75) is 0 Å². The Hall–Kier alpha value is -0.850. The number of para-hydroxylation sites is 1. The first-order chi connectivity index (χ1) is 6.96. The molecule has 0 unspecified atom stereocenters. The van der Waals surface area contributed by atoms with E-state index in [0.717, 1.165) is 6.07 Å². The van der Waals surface area contributed by atoms with Crippen molar-refractivity contribution in [3.05, 3.63) is 29.0 Å². The molecule has 0 radical (unpaired) electrons. The Kier molecular flexibility index (Phi) is 3.90. The first-order valence-electron chi connectivity index (χ1n) is 4.01. The molecule has 1 aromatic carbocycles. The largest absolute Gasteiger partial charge is 0.395 e. The molecule has 4 nitrogen and oxygen atoms in total. The monoisotopic (exact) mass is 253 g/mol. The number of sulfonamides is 1. The van der Waals surface area contributed by atoms with Gasteiger partial charge >= 0.3 is 0 Å². The van der Waals surface area contributed by atoms with Gasteiger partial charge < -0.3 is 5.11 Å². The van der Waals surface area contributed by atoms with Crippen LogP contribution < -0.4 is 4.72 Å². The third-order valence-corrected chi connectivity index (χ3v) is 3.13. The molecule has 0 aliphatic heterocycles. The number of benzene rings is 1. The lowest BCUT2D eigenvalue weighted by Crippen LogP contribution is -2.19. The summed E-state index contributed by atoms with van der Waals surface area (Å²) >= 11 is 5.61. The molecule has 0 atom stereocenters. The summed E-state index contributed by atoms with van der Waals surface area (Å²) in [6.07, 6.45) is 0. The highest BCUT2D eigenvalue weighted by molar-refractivity contribution is 7.92. The summed E-state index contributed by atoms with van der Waals surface area (Å²) in [5.41, 5.74) is -0.299. The van der Waals surface area contributed by atoms with Gasteiger partial charge in [0.05, 0.1) is 17.4 Å². The predicted octanol–water partition coefficient (Wildman–Crippen LogP) is 1.21. The van der Waals surface area contributed by atoms with Crippen molar-refractivity contribution in [3.63, 3.8) is 0 Å². The highest BCUT2D eigenvalue weighted by Gasteiger charge is 2.14. The molecule has 0 aliphatic rings. The van der Waals surface area contributed by atoms with Crippen molar-refractivity contribution in [2.24, 2.45) is 0 Å². The second-order valence-corrected chi connectivity index (χ2v) is 4.99. The van der Waals surface area contributed by atoms with E-state index in [-0.39, 0.29) is 10.7 Å².